The Morgan fingerprint density at radius 1 is 1.15 bits per heavy atom. The van der Waals surface area contributed by atoms with Crippen LogP contribution in [-0.4, -0.2) is 28.1 Å². The van der Waals surface area contributed by atoms with Crippen LogP contribution in [0, 0.1) is 6.92 Å². The lowest BCUT2D eigenvalue weighted by molar-refractivity contribution is 0.339. The molecule has 0 aliphatic heterocycles. The number of aryl methyl sites for hydroxylation is 1. The summed E-state index contributed by atoms with van der Waals surface area (Å²) in [6.07, 6.45) is 4.53. The standard InChI is InChI=1S/C15H20N4O/c1-4-6-17-15-18-11(3)7-14(19-15)12-8-13(20-5-2)10-16-9-12/h7-10H,4-6H2,1-3H3,(H,17,18,19). The van der Waals surface area contributed by atoms with E-state index >= 15 is 0 Å². The van der Waals surface area contributed by atoms with Crippen molar-refractivity contribution in [3.05, 3.63) is 30.2 Å². The van der Waals surface area contributed by atoms with E-state index in [4.69, 9.17) is 4.74 Å². The number of hydrogen-bond donors (Lipinski definition) is 1. The molecule has 0 saturated heterocycles. The van der Waals surface area contributed by atoms with Crippen molar-refractivity contribution in [1.82, 2.24) is 15.0 Å². The van der Waals surface area contributed by atoms with E-state index in [9.17, 15) is 0 Å². The average Bonchev–Trinajstić information content (AvgIpc) is 2.45. The zero-order valence-electron chi connectivity index (χ0n) is 12.2. The Bertz CT molecular complexity index is 572. The van der Waals surface area contributed by atoms with Gasteiger partial charge in [-0.3, -0.25) is 4.98 Å². The molecule has 5 nitrogen and oxygen atoms in total. The summed E-state index contributed by atoms with van der Waals surface area (Å²) < 4.78 is 5.47. The van der Waals surface area contributed by atoms with Crippen LogP contribution in [0.3, 0.4) is 0 Å². The molecule has 2 rings (SSSR count). The van der Waals surface area contributed by atoms with Crippen molar-refractivity contribution < 1.29 is 4.74 Å². The second-order valence-electron chi connectivity index (χ2n) is 4.49. The molecule has 0 fully saturated rings. The average molecular weight is 272 g/mol. The van der Waals surface area contributed by atoms with Gasteiger partial charge in [-0.1, -0.05) is 6.92 Å². The molecular formula is C15H20N4O. The number of hydrogen-bond acceptors (Lipinski definition) is 5. The van der Waals surface area contributed by atoms with Gasteiger partial charge in [0.1, 0.15) is 5.75 Å². The van der Waals surface area contributed by atoms with Crippen molar-refractivity contribution in [3.63, 3.8) is 0 Å². The number of nitrogens with one attached hydrogen (secondary N) is 1. The number of ether oxygens (including phenoxy) is 1. The van der Waals surface area contributed by atoms with E-state index in [1.807, 2.05) is 26.0 Å². The number of pyridine rings is 1. The predicted octanol–water partition coefficient (Wildman–Crippen LogP) is 3.07. The summed E-state index contributed by atoms with van der Waals surface area (Å²) >= 11 is 0. The lowest BCUT2D eigenvalue weighted by Crippen LogP contribution is -2.05. The minimum atomic E-state index is 0.622. The first-order valence-electron chi connectivity index (χ1n) is 6.90. The van der Waals surface area contributed by atoms with Gasteiger partial charge in [-0.15, -0.1) is 0 Å². The molecule has 0 saturated carbocycles. The Labute approximate surface area is 119 Å². The van der Waals surface area contributed by atoms with E-state index in [1.54, 1.807) is 12.4 Å². The van der Waals surface area contributed by atoms with Crippen LogP contribution < -0.4 is 10.1 Å². The van der Waals surface area contributed by atoms with E-state index in [0.717, 1.165) is 35.7 Å². The highest BCUT2D eigenvalue weighted by Crippen LogP contribution is 2.22. The van der Waals surface area contributed by atoms with Gasteiger partial charge in [0.05, 0.1) is 18.5 Å². The minimum Gasteiger partial charge on any atom is -0.492 e. The monoisotopic (exact) mass is 272 g/mol. The molecule has 5 heteroatoms. The van der Waals surface area contributed by atoms with Crippen molar-refractivity contribution in [2.75, 3.05) is 18.5 Å². The summed E-state index contributed by atoms with van der Waals surface area (Å²) in [5.41, 5.74) is 2.71. The summed E-state index contributed by atoms with van der Waals surface area (Å²) in [6, 6.07) is 3.89. The molecule has 106 valence electrons. The van der Waals surface area contributed by atoms with E-state index in [1.165, 1.54) is 0 Å². The molecule has 1 N–H and O–H groups in total. The molecule has 2 aromatic heterocycles. The van der Waals surface area contributed by atoms with Gasteiger partial charge in [0.2, 0.25) is 5.95 Å². The maximum absolute atomic E-state index is 5.47. The number of aromatic nitrogens is 3. The van der Waals surface area contributed by atoms with Gasteiger partial charge in [0.15, 0.2) is 0 Å². The fourth-order valence-electron chi connectivity index (χ4n) is 1.84. The van der Waals surface area contributed by atoms with Crippen molar-refractivity contribution in [2.24, 2.45) is 0 Å². The highest BCUT2D eigenvalue weighted by Gasteiger charge is 2.06. The largest absolute Gasteiger partial charge is 0.492 e. The summed E-state index contributed by atoms with van der Waals surface area (Å²) in [4.78, 5) is 13.1. The first kappa shape index (κ1) is 14.2. The van der Waals surface area contributed by atoms with Crippen LogP contribution in [-0.2, 0) is 0 Å². The molecule has 0 aliphatic carbocycles. The molecular weight excluding hydrogens is 252 g/mol. The summed E-state index contributed by atoms with van der Waals surface area (Å²) in [6.45, 7) is 7.51. The predicted molar refractivity (Wildman–Crippen MR) is 79.9 cm³/mol. The normalized spacial score (nSPS) is 10.3. The lowest BCUT2D eigenvalue weighted by Gasteiger charge is -2.08. The van der Waals surface area contributed by atoms with Crippen LogP contribution in [0.4, 0.5) is 5.95 Å². The summed E-state index contributed by atoms with van der Waals surface area (Å²) in [5.74, 6) is 1.41. The van der Waals surface area contributed by atoms with Gasteiger partial charge in [-0.25, -0.2) is 9.97 Å². The molecule has 2 aromatic rings. The van der Waals surface area contributed by atoms with Crippen LogP contribution in [0.25, 0.3) is 11.3 Å². The topological polar surface area (TPSA) is 59.9 Å². The third-order valence-corrected chi connectivity index (χ3v) is 2.71. The van der Waals surface area contributed by atoms with E-state index in [2.05, 4.69) is 27.2 Å². The van der Waals surface area contributed by atoms with Crippen LogP contribution in [0.5, 0.6) is 5.75 Å². The maximum atomic E-state index is 5.47. The number of anilines is 1. The zero-order chi connectivity index (χ0) is 14.4. The molecule has 0 atom stereocenters. The molecule has 0 unspecified atom stereocenters. The van der Waals surface area contributed by atoms with Crippen molar-refractivity contribution in [3.8, 4) is 17.0 Å². The van der Waals surface area contributed by atoms with E-state index in [-0.39, 0.29) is 0 Å². The fraction of sp³-hybridized carbons (Fsp3) is 0.400. The quantitative estimate of drug-likeness (QED) is 0.875. The molecule has 20 heavy (non-hydrogen) atoms. The Morgan fingerprint density at radius 3 is 2.75 bits per heavy atom. The molecule has 2 heterocycles. The lowest BCUT2D eigenvalue weighted by atomic mass is 10.2. The van der Waals surface area contributed by atoms with Crippen molar-refractivity contribution in [1.29, 1.82) is 0 Å². The number of nitrogens with zero attached hydrogens (tertiary/aromatic N) is 3. The van der Waals surface area contributed by atoms with Gasteiger partial charge < -0.3 is 10.1 Å². The van der Waals surface area contributed by atoms with Gasteiger partial charge >= 0.3 is 0 Å². The van der Waals surface area contributed by atoms with Crippen LogP contribution >= 0.6 is 0 Å². The first-order chi connectivity index (χ1) is 9.72. The SMILES string of the molecule is CCCNc1nc(C)cc(-c2cncc(OCC)c2)n1. The van der Waals surface area contributed by atoms with Gasteiger partial charge in [-0.05, 0) is 32.4 Å². The van der Waals surface area contributed by atoms with Crippen molar-refractivity contribution >= 4 is 5.95 Å². The maximum Gasteiger partial charge on any atom is 0.223 e. The van der Waals surface area contributed by atoms with Gasteiger partial charge in [-0.2, -0.15) is 0 Å². The first-order valence-corrected chi connectivity index (χ1v) is 6.90. The second kappa shape index (κ2) is 6.84. The Kier molecular flexibility index (Phi) is 4.87. The molecule has 0 aromatic carbocycles. The van der Waals surface area contributed by atoms with Crippen LogP contribution in [0.1, 0.15) is 26.0 Å². The van der Waals surface area contributed by atoms with Gasteiger partial charge in [0, 0.05) is 24.0 Å². The highest BCUT2D eigenvalue weighted by atomic mass is 16.5. The number of rotatable bonds is 6. The van der Waals surface area contributed by atoms with Crippen LogP contribution in [0.15, 0.2) is 24.5 Å². The Morgan fingerprint density at radius 2 is 2.00 bits per heavy atom. The fourth-order valence-corrected chi connectivity index (χ4v) is 1.84. The van der Waals surface area contributed by atoms with Gasteiger partial charge in [0.25, 0.3) is 0 Å². The molecule has 0 amide bonds. The highest BCUT2D eigenvalue weighted by molar-refractivity contribution is 5.61. The molecule has 0 spiro atoms. The van der Waals surface area contributed by atoms with E-state index < -0.39 is 0 Å². The third-order valence-electron chi connectivity index (χ3n) is 2.71. The second-order valence-corrected chi connectivity index (χ2v) is 4.49. The van der Waals surface area contributed by atoms with E-state index in [0.29, 0.717) is 12.6 Å². The molecule has 0 radical (unpaired) electrons. The minimum absolute atomic E-state index is 0.622. The smallest absolute Gasteiger partial charge is 0.223 e. The Hall–Kier alpha value is -2.17. The Balaban J connectivity index is 2.31. The summed E-state index contributed by atoms with van der Waals surface area (Å²) in [7, 11) is 0. The van der Waals surface area contributed by atoms with Crippen LogP contribution in [0.2, 0.25) is 0 Å². The van der Waals surface area contributed by atoms with Crippen molar-refractivity contribution in [2.45, 2.75) is 27.2 Å². The zero-order valence-corrected chi connectivity index (χ0v) is 12.2. The third kappa shape index (κ3) is 3.66. The molecule has 0 aliphatic rings. The summed E-state index contributed by atoms with van der Waals surface area (Å²) in [5, 5.41) is 3.21. The molecule has 0 bridgehead atoms.